The van der Waals surface area contributed by atoms with E-state index in [0.29, 0.717) is 39.7 Å². The van der Waals surface area contributed by atoms with Gasteiger partial charge in [0.25, 0.3) is 11.8 Å². The molecule has 3 heterocycles. The number of carbonyl (C=O) groups excluding carboxylic acids is 3. The van der Waals surface area contributed by atoms with Gasteiger partial charge in [0.2, 0.25) is 11.8 Å². The third-order valence-corrected chi connectivity index (χ3v) is 9.61. The van der Waals surface area contributed by atoms with Crippen LogP contribution in [0.2, 0.25) is 0 Å². The van der Waals surface area contributed by atoms with E-state index in [2.05, 4.69) is 26.6 Å². The fraction of sp³-hybridized carbons (Fsp3) is 0.467. The van der Waals surface area contributed by atoms with E-state index in [1.165, 1.54) is 0 Å². The number of nitrogens with zero attached hydrogens (tertiary/aromatic N) is 2. The van der Waals surface area contributed by atoms with Crippen LogP contribution in [-0.4, -0.2) is 58.3 Å². The summed E-state index contributed by atoms with van der Waals surface area (Å²) in [7, 11) is 0. The maximum Gasteiger partial charge on any atom is 0.264 e. The van der Waals surface area contributed by atoms with Crippen molar-refractivity contribution < 1.29 is 28.3 Å². The van der Waals surface area contributed by atoms with Crippen LogP contribution in [0.1, 0.15) is 49.7 Å². The highest BCUT2D eigenvalue weighted by molar-refractivity contribution is 9.10. The van der Waals surface area contributed by atoms with Gasteiger partial charge in [-0.3, -0.25) is 14.4 Å². The topological polar surface area (TPSA) is 123 Å². The molecule has 4 fully saturated rings. The van der Waals surface area contributed by atoms with Crippen molar-refractivity contribution in [3.8, 4) is 17.2 Å². The summed E-state index contributed by atoms with van der Waals surface area (Å²) in [6, 6.07) is 10.4. The van der Waals surface area contributed by atoms with Crippen molar-refractivity contribution in [3.63, 3.8) is 0 Å². The molecule has 7 rings (SSSR count). The molecule has 2 bridgehead atoms. The number of halogens is 3. The van der Waals surface area contributed by atoms with Crippen LogP contribution in [0.15, 0.2) is 46.9 Å². The van der Waals surface area contributed by atoms with Crippen LogP contribution in [-0.2, 0) is 20.0 Å². The molecule has 2 aromatic carbocycles. The van der Waals surface area contributed by atoms with Crippen molar-refractivity contribution in [2.24, 2.45) is 11.8 Å². The quantitative estimate of drug-likeness (QED) is 0.468. The molecule has 1 saturated carbocycles. The molecule has 6 atom stereocenters. The van der Waals surface area contributed by atoms with Crippen molar-refractivity contribution in [1.82, 2.24) is 15.5 Å². The molecule has 0 aromatic heterocycles. The Kier molecular flexibility index (Phi) is 6.90. The minimum atomic E-state index is -3.20. The Morgan fingerprint density at radius 1 is 1.17 bits per heavy atom. The van der Waals surface area contributed by atoms with E-state index in [4.69, 9.17) is 0 Å². The molecule has 0 unspecified atom stereocenters. The first-order valence-electron chi connectivity index (χ1n) is 13.9. The van der Waals surface area contributed by atoms with E-state index in [9.17, 15) is 24.8 Å². The summed E-state index contributed by atoms with van der Waals surface area (Å²) in [5.41, 5.74) is -0.277. The minimum Gasteiger partial charge on any atom is -0.372 e. The zero-order valence-corrected chi connectivity index (χ0v) is 23.7. The summed E-state index contributed by atoms with van der Waals surface area (Å²) in [5.74, 6) is -7.09. The van der Waals surface area contributed by atoms with E-state index < -0.39 is 59.7 Å². The monoisotopic (exact) mass is 626 g/mol. The van der Waals surface area contributed by atoms with Crippen LogP contribution in [0, 0.1) is 23.2 Å². The smallest absolute Gasteiger partial charge is 0.264 e. The Morgan fingerprint density at radius 2 is 1.93 bits per heavy atom. The Balaban J connectivity index is 1.36. The lowest BCUT2D eigenvalue weighted by atomic mass is 9.70. The van der Waals surface area contributed by atoms with Crippen molar-refractivity contribution in [3.05, 3.63) is 58.1 Å². The maximum absolute atomic E-state index is 15.3. The predicted molar refractivity (Wildman–Crippen MR) is 147 cm³/mol. The number of rotatable bonds is 5. The summed E-state index contributed by atoms with van der Waals surface area (Å²) in [6.45, 7) is 0.544. The minimum absolute atomic E-state index is 0.0267. The number of carbonyl (C=O) groups is 3. The number of nitriles is 1. The fourth-order valence-electron chi connectivity index (χ4n) is 7.19. The van der Waals surface area contributed by atoms with Gasteiger partial charge in [-0.15, -0.1) is 0 Å². The molecule has 214 valence electrons. The van der Waals surface area contributed by atoms with E-state index in [0.717, 1.165) is 11.3 Å². The van der Waals surface area contributed by atoms with Gasteiger partial charge in [0.1, 0.15) is 12.1 Å². The third kappa shape index (κ3) is 4.43. The number of benzene rings is 2. The lowest BCUT2D eigenvalue weighted by molar-refractivity contribution is -0.201. The zero-order valence-electron chi connectivity index (χ0n) is 22.1. The summed E-state index contributed by atoms with van der Waals surface area (Å²) in [5, 5.41) is 27.3. The van der Waals surface area contributed by atoms with Crippen molar-refractivity contribution in [1.29, 1.82) is 5.26 Å². The van der Waals surface area contributed by atoms with Crippen LogP contribution in [0.3, 0.4) is 0 Å². The first-order valence-corrected chi connectivity index (χ1v) is 14.7. The number of hydrogen-bond donors (Lipinski definition) is 3. The largest absolute Gasteiger partial charge is 0.372 e. The third-order valence-electron chi connectivity index (χ3n) is 9.12. The first kappa shape index (κ1) is 27.8. The van der Waals surface area contributed by atoms with Crippen molar-refractivity contribution >= 4 is 33.7 Å². The Morgan fingerprint density at radius 3 is 2.66 bits per heavy atom. The summed E-state index contributed by atoms with van der Waals surface area (Å²) >= 11 is 3.41. The Bertz CT molecular complexity index is 1480. The molecule has 2 aliphatic carbocycles. The van der Waals surface area contributed by atoms with Gasteiger partial charge < -0.3 is 20.6 Å². The van der Waals surface area contributed by atoms with E-state index >= 15 is 8.78 Å². The fourth-order valence-corrected chi connectivity index (χ4v) is 7.55. The lowest BCUT2D eigenvalue weighted by Gasteiger charge is -2.54. The lowest BCUT2D eigenvalue weighted by Crippen LogP contribution is -2.70. The van der Waals surface area contributed by atoms with Crippen molar-refractivity contribution in [2.45, 2.75) is 68.2 Å². The summed E-state index contributed by atoms with van der Waals surface area (Å²) < 4.78 is 31.2. The van der Waals surface area contributed by atoms with Gasteiger partial charge in [-0.05, 0) is 55.4 Å². The number of hydrogen-bond acceptors (Lipinski definition) is 5. The molecule has 5 aliphatic rings. The van der Waals surface area contributed by atoms with Crippen LogP contribution < -0.4 is 10.6 Å². The Hall–Kier alpha value is -3.36. The van der Waals surface area contributed by atoms with Crippen molar-refractivity contribution in [2.75, 3.05) is 6.54 Å². The van der Waals surface area contributed by atoms with Gasteiger partial charge in [0, 0.05) is 40.5 Å². The summed E-state index contributed by atoms with van der Waals surface area (Å²) in [6.07, 6.45) is 1.01. The van der Waals surface area contributed by atoms with E-state index in [1.54, 1.807) is 42.5 Å². The number of piperidine rings is 3. The normalized spacial score (nSPS) is 30.0. The molecule has 2 aromatic rings. The molecular formula is C30H29BrF2N4O4. The van der Waals surface area contributed by atoms with Crippen LogP contribution >= 0.6 is 15.9 Å². The van der Waals surface area contributed by atoms with Gasteiger partial charge in [0.05, 0.1) is 12.0 Å². The second-order valence-corrected chi connectivity index (χ2v) is 12.4. The van der Waals surface area contributed by atoms with Gasteiger partial charge >= 0.3 is 0 Å². The van der Waals surface area contributed by atoms with E-state index in [1.807, 2.05) is 6.07 Å². The van der Waals surface area contributed by atoms with Gasteiger partial charge in [-0.1, -0.05) is 46.3 Å². The summed E-state index contributed by atoms with van der Waals surface area (Å²) in [4.78, 5) is 41.7. The molecule has 3 N–H and O–H groups in total. The zero-order chi connectivity index (χ0) is 29.1. The molecule has 0 spiro atoms. The van der Waals surface area contributed by atoms with Crippen LogP contribution in [0.4, 0.5) is 8.78 Å². The molecule has 11 heteroatoms. The first-order chi connectivity index (χ1) is 19.6. The highest BCUT2D eigenvalue weighted by atomic mass is 79.9. The molecule has 3 amide bonds. The second kappa shape index (κ2) is 10.2. The molecule has 3 saturated heterocycles. The van der Waals surface area contributed by atoms with Gasteiger partial charge in [-0.25, -0.2) is 8.78 Å². The van der Waals surface area contributed by atoms with Crippen LogP contribution in [0.5, 0.6) is 0 Å². The van der Waals surface area contributed by atoms with Gasteiger partial charge in [0.15, 0.2) is 5.60 Å². The number of aliphatic hydroxyl groups is 1. The highest BCUT2D eigenvalue weighted by Crippen LogP contribution is 2.54. The molecule has 3 aliphatic heterocycles. The predicted octanol–water partition coefficient (Wildman–Crippen LogP) is 3.60. The number of fused-ring (bicyclic) bond motifs is 6. The SMILES string of the molecule is N#C[C@@H](C[C@H]1CCCNC1=O)NC(=O)[C@H]1[C@@H]2CC[C@@H](CC2(F)F)N1C(=O)[C@]1(O)c2ccccc2-c2ccc(Br)cc21. The average molecular weight is 627 g/mol. The number of nitrogens with one attached hydrogen (secondary N) is 2. The number of amides is 3. The maximum atomic E-state index is 15.3. The molecule has 0 radical (unpaired) electrons. The molecular weight excluding hydrogens is 598 g/mol. The van der Waals surface area contributed by atoms with Gasteiger partial charge in [-0.2, -0.15) is 5.26 Å². The number of alkyl halides is 2. The average Bonchev–Trinajstić information content (AvgIpc) is 3.21. The second-order valence-electron chi connectivity index (χ2n) is 11.5. The Labute approximate surface area is 244 Å². The highest BCUT2D eigenvalue weighted by Gasteiger charge is 2.63. The molecule has 41 heavy (non-hydrogen) atoms. The molecule has 8 nitrogen and oxygen atoms in total. The standard InChI is InChI=1S/C30H29BrF2N4O4/c31-17-7-9-21-20-5-1-2-6-22(20)30(41,24(21)13-17)28(40)37-19-8-10-23(29(32,33)14-19)25(37)27(39)36-18(15-34)12-16-4-3-11-35-26(16)38/h1-2,5-7,9,13,16,18-19,23,25,41H,3-4,8,10-12,14H2,(H,35,38)(H,36,39)/t16-,18-,19+,23+,25-,30+/m1/s1. The van der Waals surface area contributed by atoms with Crippen LogP contribution in [0.25, 0.3) is 11.1 Å². The van der Waals surface area contributed by atoms with E-state index in [-0.39, 0.29) is 25.2 Å².